The number of nitrogens with one attached hydrogen (secondary N) is 2. The predicted octanol–water partition coefficient (Wildman–Crippen LogP) is 4.75. The first-order valence-corrected chi connectivity index (χ1v) is 11.5. The summed E-state index contributed by atoms with van der Waals surface area (Å²) >= 11 is 0. The fourth-order valence-corrected chi connectivity index (χ4v) is 4.63. The number of amides is 2. The predicted molar refractivity (Wildman–Crippen MR) is 124 cm³/mol. The van der Waals surface area contributed by atoms with Crippen LogP contribution in [-0.2, 0) is 19.0 Å². The lowest BCUT2D eigenvalue weighted by molar-refractivity contribution is -0.274. The minimum atomic E-state index is -4.85. The fourth-order valence-electron chi connectivity index (χ4n) is 4.63. The quantitative estimate of drug-likeness (QED) is 0.504. The minimum absolute atomic E-state index is 0.0555. The second kappa shape index (κ2) is 9.97. The minimum Gasteiger partial charge on any atom is -0.406 e. The number of ether oxygens (including phenoxy) is 1. The molecule has 35 heavy (non-hydrogen) atoms. The van der Waals surface area contributed by atoms with E-state index in [1.807, 2.05) is 31.2 Å². The van der Waals surface area contributed by atoms with Gasteiger partial charge < -0.3 is 15.4 Å². The van der Waals surface area contributed by atoms with Gasteiger partial charge in [0.05, 0.1) is 5.54 Å². The van der Waals surface area contributed by atoms with Gasteiger partial charge in [0, 0.05) is 19.5 Å². The molecule has 4 rings (SSSR count). The summed E-state index contributed by atoms with van der Waals surface area (Å²) in [7, 11) is 1.73. The molecule has 10 heteroatoms. The van der Waals surface area contributed by atoms with Crippen LogP contribution in [0.1, 0.15) is 48.2 Å². The molecule has 1 aliphatic carbocycles. The van der Waals surface area contributed by atoms with Gasteiger partial charge in [-0.3, -0.25) is 4.68 Å². The average Bonchev–Trinajstić information content (AvgIpc) is 3.44. The fraction of sp³-hybridized carbons (Fsp3) is 0.400. The molecule has 1 aliphatic rings. The van der Waals surface area contributed by atoms with Crippen LogP contribution >= 0.6 is 0 Å². The van der Waals surface area contributed by atoms with Crippen LogP contribution < -0.4 is 15.4 Å². The summed E-state index contributed by atoms with van der Waals surface area (Å²) < 4.78 is 44.8. The maximum atomic E-state index is 13.3. The van der Waals surface area contributed by atoms with Crippen LogP contribution in [0, 0.1) is 6.92 Å². The van der Waals surface area contributed by atoms with Crippen molar-refractivity contribution in [2.75, 3.05) is 0 Å². The third-order valence-corrected chi connectivity index (χ3v) is 6.32. The number of halogens is 3. The van der Waals surface area contributed by atoms with Crippen LogP contribution in [0.25, 0.3) is 0 Å². The molecule has 2 N–H and O–H groups in total. The molecule has 0 bridgehead atoms. The zero-order valence-electron chi connectivity index (χ0n) is 19.6. The van der Waals surface area contributed by atoms with E-state index in [1.165, 1.54) is 24.5 Å². The standard InChI is InChI=1S/C25H28F3N5O2/c1-17-7-5-8-18(13-17)24(15-22-29-16-30-33(22)2,32-23(34)31-20-10-3-4-11-20)19-9-6-12-21(14-19)35-25(26,27)28/h5-9,12-14,16,20H,3-4,10-11,15H2,1-2H3,(H2,31,32,34). The number of urea groups is 1. The maximum absolute atomic E-state index is 13.3. The molecule has 1 unspecified atom stereocenters. The van der Waals surface area contributed by atoms with Gasteiger partial charge in [0.1, 0.15) is 17.9 Å². The highest BCUT2D eigenvalue weighted by molar-refractivity contribution is 5.76. The van der Waals surface area contributed by atoms with Gasteiger partial charge in [-0.05, 0) is 43.0 Å². The summed E-state index contributed by atoms with van der Waals surface area (Å²) in [4.78, 5) is 17.6. The molecule has 2 aromatic carbocycles. The van der Waals surface area contributed by atoms with Crippen molar-refractivity contribution >= 4 is 6.03 Å². The maximum Gasteiger partial charge on any atom is 0.573 e. The van der Waals surface area contributed by atoms with Gasteiger partial charge >= 0.3 is 12.4 Å². The molecule has 1 atom stereocenters. The van der Waals surface area contributed by atoms with E-state index >= 15 is 0 Å². The molecule has 1 saturated carbocycles. The van der Waals surface area contributed by atoms with Crippen molar-refractivity contribution in [1.82, 2.24) is 25.4 Å². The highest BCUT2D eigenvalue weighted by atomic mass is 19.4. The lowest BCUT2D eigenvalue weighted by Gasteiger charge is -2.36. The Morgan fingerprint density at radius 3 is 2.43 bits per heavy atom. The topological polar surface area (TPSA) is 81.1 Å². The molecule has 1 fully saturated rings. The molecule has 186 valence electrons. The van der Waals surface area contributed by atoms with Crippen LogP contribution in [-0.4, -0.2) is 33.2 Å². The van der Waals surface area contributed by atoms with E-state index in [9.17, 15) is 18.0 Å². The lowest BCUT2D eigenvalue weighted by Crippen LogP contribution is -2.54. The summed E-state index contributed by atoms with van der Waals surface area (Å²) in [6.45, 7) is 1.92. The van der Waals surface area contributed by atoms with Crippen molar-refractivity contribution in [3.63, 3.8) is 0 Å². The van der Waals surface area contributed by atoms with Gasteiger partial charge in [-0.2, -0.15) is 5.10 Å². The molecule has 1 aromatic heterocycles. The molecule has 1 heterocycles. The first-order valence-electron chi connectivity index (χ1n) is 11.5. The summed E-state index contributed by atoms with van der Waals surface area (Å²) in [6.07, 6.45) is 0.583. The second-order valence-corrected chi connectivity index (χ2v) is 8.91. The van der Waals surface area contributed by atoms with Crippen LogP contribution in [0.4, 0.5) is 18.0 Å². The van der Waals surface area contributed by atoms with Crippen molar-refractivity contribution in [1.29, 1.82) is 0 Å². The van der Waals surface area contributed by atoms with Crippen molar-refractivity contribution < 1.29 is 22.7 Å². The molecular formula is C25H28F3N5O2. The molecule has 2 amide bonds. The summed E-state index contributed by atoms with van der Waals surface area (Å²) in [5, 5.41) is 10.3. The second-order valence-electron chi connectivity index (χ2n) is 8.91. The lowest BCUT2D eigenvalue weighted by atomic mass is 9.79. The van der Waals surface area contributed by atoms with E-state index < -0.39 is 17.9 Å². The van der Waals surface area contributed by atoms with Gasteiger partial charge in [-0.25, -0.2) is 9.78 Å². The van der Waals surface area contributed by atoms with E-state index in [4.69, 9.17) is 0 Å². The van der Waals surface area contributed by atoms with E-state index in [0.717, 1.165) is 31.2 Å². The highest BCUT2D eigenvalue weighted by Gasteiger charge is 2.39. The Bertz CT molecular complexity index is 1170. The van der Waals surface area contributed by atoms with Gasteiger partial charge in [0.2, 0.25) is 0 Å². The van der Waals surface area contributed by atoms with Crippen LogP contribution in [0.15, 0.2) is 54.9 Å². The molecule has 7 nitrogen and oxygen atoms in total. The number of hydrogen-bond donors (Lipinski definition) is 2. The number of aromatic nitrogens is 3. The average molecular weight is 488 g/mol. The smallest absolute Gasteiger partial charge is 0.406 e. The zero-order valence-corrected chi connectivity index (χ0v) is 19.6. The molecular weight excluding hydrogens is 459 g/mol. The monoisotopic (exact) mass is 487 g/mol. The SMILES string of the molecule is Cc1cccc(C(Cc2ncnn2C)(NC(=O)NC2CCCC2)c2cccc(OC(F)(F)F)c2)c1. The summed E-state index contributed by atoms with van der Waals surface area (Å²) in [6, 6.07) is 12.9. The number of hydrogen-bond acceptors (Lipinski definition) is 4. The number of alkyl halides is 3. The van der Waals surface area contributed by atoms with Crippen molar-refractivity contribution in [3.05, 3.63) is 77.4 Å². The number of aryl methyl sites for hydroxylation is 2. The van der Waals surface area contributed by atoms with Gasteiger partial charge in [-0.1, -0.05) is 54.8 Å². The Kier molecular flexibility index (Phi) is 7.00. The molecule has 0 radical (unpaired) electrons. The van der Waals surface area contributed by atoms with E-state index in [1.54, 1.807) is 17.8 Å². The molecule has 0 saturated heterocycles. The van der Waals surface area contributed by atoms with Gasteiger partial charge in [-0.15, -0.1) is 13.2 Å². The summed E-state index contributed by atoms with van der Waals surface area (Å²) in [5.74, 6) is 0.179. The van der Waals surface area contributed by atoms with Crippen LogP contribution in [0.2, 0.25) is 0 Å². The third-order valence-electron chi connectivity index (χ3n) is 6.32. The van der Waals surface area contributed by atoms with E-state index in [-0.39, 0.29) is 18.2 Å². The molecule has 0 aliphatic heterocycles. The number of nitrogens with zero attached hydrogens (tertiary/aromatic N) is 3. The number of carbonyl (C=O) groups excluding carboxylic acids is 1. The molecule has 3 aromatic rings. The number of rotatable bonds is 7. The zero-order chi connectivity index (χ0) is 25.1. The van der Waals surface area contributed by atoms with E-state index in [2.05, 4.69) is 25.5 Å². The Labute approximate surface area is 201 Å². The third kappa shape index (κ3) is 5.93. The number of benzene rings is 2. The first-order chi connectivity index (χ1) is 16.6. The van der Waals surface area contributed by atoms with Gasteiger partial charge in [0.25, 0.3) is 0 Å². The van der Waals surface area contributed by atoms with Crippen LogP contribution in [0.5, 0.6) is 5.75 Å². The Morgan fingerprint density at radius 1 is 1.11 bits per heavy atom. The van der Waals surface area contributed by atoms with Crippen molar-refractivity contribution in [2.45, 2.75) is 57.0 Å². The Balaban J connectivity index is 1.84. The first kappa shape index (κ1) is 24.6. The van der Waals surface area contributed by atoms with Crippen molar-refractivity contribution in [2.24, 2.45) is 7.05 Å². The number of carbonyl (C=O) groups is 1. The normalized spacial score (nSPS) is 16.0. The van der Waals surface area contributed by atoms with Crippen molar-refractivity contribution in [3.8, 4) is 5.75 Å². The Morgan fingerprint density at radius 2 is 1.80 bits per heavy atom. The van der Waals surface area contributed by atoms with Gasteiger partial charge in [0.15, 0.2) is 0 Å². The highest BCUT2D eigenvalue weighted by Crippen LogP contribution is 2.36. The Hall–Kier alpha value is -3.56. The molecule has 0 spiro atoms. The summed E-state index contributed by atoms with van der Waals surface area (Å²) in [5.41, 5.74) is 0.812. The van der Waals surface area contributed by atoms with Crippen LogP contribution in [0.3, 0.4) is 0 Å². The largest absolute Gasteiger partial charge is 0.573 e. The van der Waals surface area contributed by atoms with E-state index in [0.29, 0.717) is 17.0 Å².